The molecular weight excluding hydrogens is 268 g/mol. The second-order valence-corrected chi connectivity index (χ2v) is 5.82. The third-order valence-corrected chi connectivity index (χ3v) is 4.31. The van der Waals surface area contributed by atoms with E-state index in [0.717, 1.165) is 38.3 Å². The third-order valence-electron chi connectivity index (χ3n) is 4.31. The standard InChI is InChI=1S/C15H22N4O2/c1-11-8-12(10-21-11)15(20)19-6-4-18(5-7-19)14-2-3-17-9-13(14)16/h2-3,9,11-12H,4-8,10,16H2,1H3. The molecule has 0 aliphatic carbocycles. The fourth-order valence-corrected chi connectivity index (χ4v) is 3.10. The van der Waals surface area contributed by atoms with Gasteiger partial charge in [0, 0.05) is 32.4 Å². The fourth-order valence-electron chi connectivity index (χ4n) is 3.10. The summed E-state index contributed by atoms with van der Waals surface area (Å²) in [5, 5.41) is 0. The Kier molecular flexibility index (Phi) is 3.96. The molecule has 3 rings (SSSR count). The van der Waals surface area contributed by atoms with Gasteiger partial charge < -0.3 is 20.3 Å². The Morgan fingerprint density at radius 1 is 1.38 bits per heavy atom. The number of nitrogens with zero attached hydrogens (tertiary/aromatic N) is 3. The molecule has 3 heterocycles. The molecule has 0 radical (unpaired) electrons. The van der Waals surface area contributed by atoms with E-state index in [-0.39, 0.29) is 17.9 Å². The number of aromatic nitrogens is 1. The number of hydrogen-bond acceptors (Lipinski definition) is 5. The summed E-state index contributed by atoms with van der Waals surface area (Å²) in [6.45, 7) is 5.69. The van der Waals surface area contributed by atoms with Crippen molar-refractivity contribution in [2.75, 3.05) is 43.4 Å². The number of nitrogen functional groups attached to an aromatic ring is 1. The van der Waals surface area contributed by atoms with Gasteiger partial charge in [0.2, 0.25) is 5.91 Å². The van der Waals surface area contributed by atoms with Crippen molar-refractivity contribution in [1.29, 1.82) is 0 Å². The lowest BCUT2D eigenvalue weighted by molar-refractivity contribution is -0.135. The van der Waals surface area contributed by atoms with Crippen LogP contribution in [0.1, 0.15) is 13.3 Å². The molecule has 6 nitrogen and oxygen atoms in total. The Hall–Kier alpha value is -1.82. The van der Waals surface area contributed by atoms with E-state index in [1.165, 1.54) is 0 Å². The summed E-state index contributed by atoms with van der Waals surface area (Å²) < 4.78 is 5.50. The number of ether oxygens (including phenoxy) is 1. The topological polar surface area (TPSA) is 71.7 Å². The Balaban J connectivity index is 1.58. The normalized spacial score (nSPS) is 26.1. The van der Waals surface area contributed by atoms with Crippen molar-refractivity contribution in [1.82, 2.24) is 9.88 Å². The molecule has 2 N–H and O–H groups in total. The number of nitrogens with two attached hydrogens (primary N) is 1. The highest BCUT2D eigenvalue weighted by molar-refractivity contribution is 5.79. The summed E-state index contributed by atoms with van der Waals surface area (Å²) in [6, 6.07) is 1.93. The first-order valence-corrected chi connectivity index (χ1v) is 7.50. The number of carbonyl (C=O) groups is 1. The molecule has 1 aromatic rings. The monoisotopic (exact) mass is 290 g/mol. The third kappa shape index (κ3) is 2.95. The van der Waals surface area contributed by atoms with Gasteiger partial charge in [0.1, 0.15) is 0 Å². The van der Waals surface area contributed by atoms with Crippen molar-refractivity contribution in [3.63, 3.8) is 0 Å². The predicted molar refractivity (Wildman–Crippen MR) is 81.0 cm³/mol. The SMILES string of the molecule is CC1CC(C(=O)N2CCN(c3ccncc3N)CC2)CO1. The zero-order valence-corrected chi connectivity index (χ0v) is 12.4. The van der Waals surface area contributed by atoms with Gasteiger partial charge in [0.25, 0.3) is 0 Å². The smallest absolute Gasteiger partial charge is 0.228 e. The predicted octanol–water partition coefficient (Wildman–Crippen LogP) is 0.737. The van der Waals surface area contributed by atoms with Crippen molar-refractivity contribution in [3.8, 4) is 0 Å². The van der Waals surface area contributed by atoms with E-state index in [2.05, 4.69) is 9.88 Å². The van der Waals surface area contributed by atoms with Crippen LogP contribution in [0.3, 0.4) is 0 Å². The first kappa shape index (κ1) is 14.1. The van der Waals surface area contributed by atoms with Crippen molar-refractivity contribution in [2.24, 2.45) is 5.92 Å². The molecule has 1 aromatic heterocycles. The molecule has 2 saturated heterocycles. The minimum Gasteiger partial charge on any atom is -0.396 e. The zero-order chi connectivity index (χ0) is 14.8. The van der Waals surface area contributed by atoms with Crippen molar-refractivity contribution in [2.45, 2.75) is 19.4 Å². The Bertz CT molecular complexity index is 514. The van der Waals surface area contributed by atoms with Gasteiger partial charge in [-0.15, -0.1) is 0 Å². The van der Waals surface area contributed by atoms with Crippen LogP contribution in [0, 0.1) is 5.92 Å². The van der Waals surface area contributed by atoms with E-state index >= 15 is 0 Å². The molecule has 2 aliphatic rings. The van der Waals surface area contributed by atoms with Gasteiger partial charge in [0.15, 0.2) is 0 Å². The first-order chi connectivity index (χ1) is 10.1. The average molecular weight is 290 g/mol. The van der Waals surface area contributed by atoms with E-state index in [4.69, 9.17) is 10.5 Å². The minimum absolute atomic E-state index is 0.0394. The van der Waals surface area contributed by atoms with E-state index in [9.17, 15) is 4.79 Å². The zero-order valence-electron chi connectivity index (χ0n) is 12.4. The van der Waals surface area contributed by atoms with Crippen LogP contribution in [-0.2, 0) is 9.53 Å². The molecular formula is C15H22N4O2. The number of amides is 1. The van der Waals surface area contributed by atoms with E-state index in [1.54, 1.807) is 12.4 Å². The number of rotatable bonds is 2. The molecule has 0 spiro atoms. The van der Waals surface area contributed by atoms with E-state index in [0.29, 0.717) is 12.3 Å². The highest BCUT2D eigenvalue weighted by Crippen LogP contribution is 2.25. The lowest BCUT2D eigenvalue weighted by atomic mass is 10.0. The van der Waals surface area contributed by atoms with Crippen LogP contribution in [-0.4, -0.2) is 54.7 Å². The van der Waals surface area contributed by atoms with Gasteiger partial charge in [-0.05, 0) is 19.4 Å². The lowest BCUT2D eigenvalue weighted by Gasteiger charge is -2.37. The maximum atomic E-state index is 12.4. The van der Waals surface area contributed by atoms with Crippen LogP contribution in [0.15, 0.2) is 18.5 Å². The summed E-state index contributed by atoms with van der Waals surface area (Å²) in [5.74, 6) is 0.277. The fraction of sp³-hybridized carbons (Fsp3) is 0.600. The largest absolute Gasteiger partial charge is 0.396 e. The summed E-state index contributed by atoms with van der Waals surface area (Å²) in [6.07, 6.45) is 4.47. The van der Waals surface area contributed by atoms with Gasteiger partial charge in [-0.3, -0.25) is 9.78 Å². The number of anilines is 2. The van der Waals surface area contributed by atoms with Gasteiger partial charge in [-0.25, -0.2) is 0 Å². The molecule has 114 valence electrons. The Morgan fingerprint density at radius 2 is 2.14 bits per heavy atom. The highest BCUT2D eigenvalue weighted by Gasteiger charge is 2.33. The van der Waals surface area contributed by atoms with Crippen LogP contribution >= 0.6 is 0 Å². The molecule has 0 saturated carbocycles. The van der Waals surface area contributed by atoms with Crippen LogP contribution in [0.2, 0.25) is 0 Å². The van der Waals surface area contributed by atoms with Crippen LogP contribution in [0.25, 0.3) is 0 Å². The number of carbonyl (C=O) groups excluding carboxylic acids is 1. The number of hydrogen-bond donors (Lipinski definition) is 1. The average Bonchev–Trinajstić information content (AvgIpc) is 2.94. The summed E-state index contributed by atoms with van der Waals surface area (Å²) in [4.78, 5) is 20.6. The van der Waals surface area contributed by atoms with Crippen LogP contribution in [0.4, 0.5) is 11.4 Å². The Labute approximate surface area is 124 Å². The number of pyridine rings is 1. The van der Waals surface area contributed by atoms with Gasteiger partial charge in [-0.2, -0.15) is 0 Å². The van der Waals surface area contributed by atoms with E-state index in [1.807, 2.05) is 17.9 Å². The molecule has 21 heavy (non-hydrogen) atoms. The Morgan fingerprint density at radius 3 is 2.76 bits per heavy atom. The maximum absolute atomic E-state index is 12.4. The lowest BCUT2D eigenvalue weighted by Crippen LogP contribution is -2.50. The van der Waals surface area contributed by atoms with Crippen molar-refractivity contribution < 1.29 is 9.53 Å². The quantitative estimate of drug-likeness (QED) is 0.869. The highest BCUT2D eigenvalue weighted by atomic mass is 16.5. The summed E-state index contributed by atoms with van der Waals surface area (Å²) in [7, 11) is 0. The van der Waals surface area contributed by atoms with Crippen molar-refractivity contribution in [3.05, 3.63) is 18.5 Å². The van der Waals surface area contributed by atoms with Crippen LogP contribution < -0.4 is 10.6 Å². The van der Waals surface area contributed by atoms with Gasteiger partial charge >= 0.3 is 0 Å². The van der Waals surface area contributed by atoms with Crippen LogP contribution in [0.5, 0.6) is 0 Å². The number of piperazine rings is 1. The van der Waals surface area contributed by atoms with Crippen molar-refractivity contribution >= 4 is 17.3 Å². The second-order valence-electron chi connectivity index (χ2n) is 5.82. The molecule has 2 unspecified atom stereocenters. The molecule has 2 atom stereocenters. The molecule has 0 bridgehead atoms. The molecule has 2 fully saturated rings. The summed E-state index contributed by atoms with van der Waals surface area (Å²) >= 11 is 0. The molecule has 0 aromatic carbocycles. The van der Waals surface area contributed by atoms with Gasteiger partial charge in [0.05, 0.1) is 36.2 Å². The second kappa shape index (κ2) is 5.89. The minimum atomic E-state index is 0.0394. The van der Waals surface area contributed by atoms with E-state index < -0.39 is 0 Å². The summed E-state index contributed by atoms with van der Waals surface area (Å²) in [5.41, 5.74) is 7.66. The first-order valence-electron chi connectivity index (χ1n) is 7.50. The molecule has 2 aliphatic heterocycles. The molecule has 1 amide bonds. The maximum Gasteiger partial charge on any atom is 0.228 e. The van der Waals surface area contributed by atoms with Gasteiger partial charge in [-0.1, -0.05) is 0 Å². The molecule has 6 heteroatoms.